The van der Waals surface area contributed by atoms with Gasteiger partial charge in [-0.15, -0.1) is 0 Å². The molecule has 5 rings (SSSR count). The molecule has 1 aliphatic carbocycles. The second-order valence-electron chi connectivity index (χ2n) is 11.8. The molecule has 4 heterocycles. The fourth-order valence-corrected chi connectivity index (χ4v) is 6.54. The number of unbranched alkanes of at least 4 members (excludes halogenated alkanes) is 3. The number of aromatic nitrogens is 3. The average molecular weight is 592 g/mol. The summed E-state index contributed by atoms with van der Waals surface area (Å²) in [5.41, 5.74) is 3.03. The van der Waals surface area contributed by atoms with Crippen LogP contribution in [0.15, 0.2) is 30.1 Å². The van der Waals surface area contributed by atoms with E-state index in [1.807, 2.05) is 24.1 Å². The molecule has 0 bridgehead atoms. The van der Waals surface area contributed by atoms with Crippen LogP contribution in [-0.2, 0) is 14.3 Å². The lowest BCUT2D eigenvalue weighted by Gasteiger charge is -2.40. The Morgan fingerprint density at radius 2 is 1.77 bits per heavy atom. The van der Waals surface area contributed by atoms with Crippen molar-refractivity contribution < 1.29 is 19.4 Å². The van der Waals surface area contributed by atoms with E-state index in [9.17, 15) is 14.7 Å². The van der Waals surface area contributed by atoms with Gasteiger partial charge in [0.1, 0.15) is 11.6 Å². The first-order valence-electron chi connectivity index (χ1n) is 15.7. The van der Waals surface area contributed by atoms with E-state index < -0.39 is 6.23 Å². The van der Waals surface area contributed by atoms with Crippen molar-refractivity contribution in [1.82, 2.24) is 19.9 Å². The summed E-state index contributed by atoms with van der Waals surface area (Å²) >= 11 is 0. The molecule has 2 aliphatic heterocycles. The van der Waals surface area contributed by atoms with Crippen molar-refractivity contribution in [3.63, 3.8) is 0 Å². The first kappa shape index (κ1) is 30.9. The van der Waals surface area contributed by atoms with Crippen LogP contribution in [0.1, 0.15) is 77.2 Å². The number of hydrogen-bond donors (Lipinski definition) is 2. The van der Waals surface area contributed by atoms with Crippen LogP contribution in [0, 0.1) is 0 Å². The maximum Gasteiger partial charge on any atom is 0.305 e. The quantitative estimate of drug-likeness (QED) is 0.271. The molecule has 0 spiro atoms. The molecule has 2 aromatic rings. The highest BCUT2D eigenvalue weighted by Crippen LogP contribution is 2.41. The summed E-state index contributed by atoms with van der Waals surface area (Å²) in [6.07, 6.45) is 11.5. The summed E-state index contributed by atoms with van der Waals surface area (Å²) in [6.45, 7) is 8.41. The Balaban J connectivity index is 1.16. The number of aliphatic hydroxyl groups excluding tert-OH is 1. The number of allylic oxidation sites excluding steroid dienone is 1. The van der Waals surface area contributed by atoms with Gasteiger partial charge in [-0.1, -0.05) is 25.7 Å². The molecule has 0 amide bonds. The number of pyridine rings is 1. The maximum atomic E-state index is 12.4. The first-order valence-corrected chi connectivity index (χ1v) is 15.7. The molecule has 2 N–H and O–H groups in total. The molecular weight excluding hydrogens is 546 g/mol. The van der Waals surface area contributed by atoms with Crippen molar-refractivity contribution >= 4 is 40.6 Å². The number of carbonyl (C=O) groups is 2. The highest BCUT2D eigenvalue weighted by Gasteiger charge is 2.38. The molecule has 1 saturated carbocycles. The first-order chi connectivity index (χ1) is 20.9. The minimum atomic E-state index is -1.01. The van der Waals surface area contributed by atoms with Gasteiger partial charge in [0.05, 0.1) is 19.0 Å². The number of piperazine rings is 1. The average Bonchev–Trinajstić information content (AvgIpc) is 3.54. The second kappa shape index (κ2) is 14.3. The number of esters is 1. The highest BCUT2D eigenvalue weighted by molar-refractivity contribution is 6.04. The van der Waals surface area contributed by atoms with Gasteiger partial charge in [-0.25, -0.2) is 9.97 Å². The Kier molecular flexibility index (Phi) is 10.2. The lowest BCUT2D eigenvalue weighted by Crippen LogP contribution is -2.47. The van der Waals surface area contributed by atoms with Crippen LogP contribution in [-0.4, -0.2) is 88.8 Å². The Bertz CT molecular complexity index is 1300. The number of nitrogens with one attached hydrogen (secondary N) is 1. The third kappa shape index (κ3) is 7.33. The van der Waals surface area contributed by atoms with E-state index in [1.54, 1.807) is 6.20 Å². The molecule has 3 aliphatic rings. The molecule has 11 nitrogen and oxygen atoms in total. The number of hydrogen-bond acceptors (Lipinski definition) is 11. The normalized spacial score (nSPS) is 19.5. The van der Waals surface area contributed by atoms with E-state index in [4.69, 9.17) is 9.72 Å². The van der Waals surface area contributed by atoms with E-state index in [0.717, 1.165) is 101 Å². The predicted octanol–water partition coefficient (Wildman–Crippen LogP) is 4.30. The number of ketones is 1. The fourth-order valence-electron chi connectivity index (χ4n) is 6.54. The van der Waals surface area contributed by atoms with Gasteiger partial charge in [0, 0.05) is 56.0 Å². The van der Waals surface area contributed by atoms with Crippen molar-refractivity contribution in [3.05, 3.63) is 35.7 Å². The number of methoxy groups -OCH3 is 1. The Morgan fingerprint density at radius 3 is 2.44 bits per heavy atom. The monoisotopic (exact) mass is 591 g/mol. The molecule has 43 heavy (non-hydrogen) atoms. The molecule has 0 aromatic carbocycles. The zero-order valence-electron chi connectivity index (χ0n) is 25.7. The Labute approximate surface area is 254 Å². The summed E-state index contributed by atoms with van der Waals surface area (Å²) in [7, 11) is 1.44. The molecule has 1 saturated heterocycles. The smallest absolute Gasteiger partial charge is 0.305 e. The van der Waals surface area contributed by atoms with Crippen molar-refractivity contribution in [1.29, 1.82) is 0 Å². The molecule has 1 atom stereocenters. The molecule has 2 aromatic heterocycles. The predicted molar refractivity (Wildman–Crippen MR) is 167 cm³/mol. The highest BCUT2D eigenvalue weighted by atomic mass is 16.5. The van der Waals surface area contributed by atoms with Crippen molar-refractivity contribution in [3.8, 4) is 0 Å². The largest absolute Gasteiger partial charge is 0.469 e. The van der Waals surface area contributed by atoms with Gasteiger partial charge in [-0.2, -0.15) is 4.98 Å². The number of nitrogens with zero attached hydrogens (tertiary/aromatic N) is 6. The number of Topliss-reactive ketones (excluding diaryl/α,β-unsaturated/α-hetero) is 1. The SMILES string of the molecule is COC(=O)CCCCCCN1CCN(c2ccc(Nc3ncc4c(n3)N(C3CCCC3)C(O)C(C(C)=O)=C4C)nc2)CC1. The summed E-state index contributed by atoms with van der Waals surface area (Å²) < 4.78 is 4.70. The number of fused-ring (bicyclic) bond motifs is 1. The molecule has 2 fully saturated rings. The third-order valence-electron chi connectivity index (χ3n) is 9.00. The van der Waals surface area contributed by atoms with Crippen LogP contribution < -0.4 is 15.1 Å². The van der Waals surface area contributed by atoms with Crippen LogP contribution in [0.3, 0.4) is 0 Å². The fraction of sp³-hybridized carbons (Fsp3) is 0.594. The van der Waals surface area contributed by atoms with Gasteiger partial charge >= 0.3 is 5.97 Å². The third-order valence-corrected chi connectivity index (χ3v) is 9.00. The van der Waals surface area contributed by atoms with Crippen LogP contribution in [0.2, 0.25) is 0 Å². The number of aliphatic hydroxyl groups is 1. The number of rotatable bonds is 12. The van der Waals surface area contributed by atoms with E-state index in [0.29, 0.717) is 29.6 Å². The topological polar surface area (TPSA) is 124 Å². The lowest BCUT2D eigenvalue weighted by atomic mass is 9.93. The maximum absolute atomic E-state index is 12.4. The number of anilines is 4. The zero-order chi connectivity index (χ0) is 30.3. The van der Waals surface area contributed by atoms with Gasteiger partial charge in [-0.05, 0) is 63.8 Å². The minimum absolute atomic E-state index is 0.120. The Hall–Kier alpha value is -3.57. The van der Waals surface area contributed by atoms with E-state index in [1.165, 1.54) is 14.0 Å². The summed E-state index contributed by atoms with van der Waals surface area (Å²) in [5, 5.41) is 14.5. The van der Waals surface area contributed by atoms with Gasteiger partial charge < -0.3 is 25.0 Å². The Morgan fingerprint density at radius 1 is 1.02 bits per heavy atom. The van der Waals surface area contributed by atoms with Crippen LogP contribution in [0.25, 0.3) is 5.57 Å². The zero-order valence-corrected chi connectivity index (χ0v) is 25.7. The molecule has 0 radical (unpaired) electrons. The standard InChI is InChI=1S/C32H45N7O4/c1-22-26-21-34-32(36-30(26)39(24-10-7-8-11-24)31(42)29(22)23(2)40)35-27-14-13-25(20-33-27)38-18-16-37(17-19-38)15-9-5-4-6-12-28(41)43-3/h13-14,20-21,24,31,42H,4-12,15-19H2,1-3H3,(H,33,34,35,36). The van der Waals surface area contributed by atoms with E-state index in [-0.39, 0.29) is 17.8 Å². The van der Waals surface area contributed by atoms with Crippen LogP contribution >= 0.6 is 0 Å². The minimum Gasteiger partial charge on any atom is -0.469 e. The van der Waals surface area contributed by atoms with Crippen LogP contribution in [0.4, 0.5) is 23.3 Å². The van der Waals surface area contributed by atoms with Crippen molar-refractivity contribution in [2.75, 3.05) is 55.0 Å². The van der Waals surface area contributed by atoms with Gasteiger partial charge in [-0.3, -0.25) is 14.5 Å². The lowest BCUT2D eigenvalue weighted by molar-refractivity contribution is -0.140. The van der Waals surface area contributed by atoms with E-state index in [2.05, 4.69) is 31.2 Å². The van der Waals surface area contributed by atoms with E-state index >= 15 is 0 Å². The molecule has 1 unspecified atom stereocenters. The van der Waals surface area contributed by atoms with Crippen LogP contribution in [0.5, 0.6) is 0 Å². The number of ether oxygens (including phenoxy) is 1. The molecular formula is C32H45N7O4. The molecule has 11 heteroatoms. The van der Waals surface area contributed by atoms with Crippen molar-refractivity contribution in [2.45, 2.75) is 83.9 Å². The second-order valence-corrected chi connectivity index (χ2v) is 11.8. The summed E-state index contributed by atoms with van der Waals surface area (Å²) in [6, 6.07) is 4.15. The van der Waals surface area contributed by atoms with Gasteiger partial charge in [0.2, 0.25) is 5.95 Å². The van der Waals surface area contributed by atoms with Gasteiger partial charge in [0.25, 0.3) is 0 Å². The van der Waals surface area contributed by atoms with Crippen molar-refractivity contribution in [2.24, 2.45) is 0 Å². The number of carbonyl (C=O) groups excluding carboxylic acids is 2. The summed E-state index contributed by atoms with van der Waals surface area (Å²) in [5.74, 6) is 1.47. The van der Waals surface area contributed by atoms with Gasteiger partial charge in [0.15, 0.2) is 12.0 Å². The molecule has 232 valence electrons. The summed E-state index contributed by atoms with van der Waals surface area (Å²) in [4.78, 5) is 44.4.